The van der Waals surface area contributed by atoms with Gasteiger partial charge in [0.25, 0.3) is 5.91 Å². The van der Waals surface area contributed by atoms with Crippen molar-refractivity contribution in [1.29, 1.82) is 0 Å². The van der Waals surface area contributed by atoms with Crippen molar-refractivity contribution in [1.82, 2.24) is 14.9 Å². The van der Waals surface area contributed by atoms with E-state index in [9.17, 15) is 9.18 Å². The molecule has 8 heteroatoms. The normalized spacial score (nSPS) is 14.2. The van der Waals surface area contributed by atoms with Gasteiger partial charge >= 0.3 is 0 Å². The van der Waals surface area contributed by atoms with E-state index >= 15 is 0 Å². The molecule has 0 atom stereocenters. The van der Waals surface area contributed by atoms with Crippen LogP contribution in [0.4, 0.5) is 10.2 Å². The Morgan fingerprint density at radius 1 is 1.35 bits per heavy atom. The predicted molar refractivity (Wildman–Crippen MR) is 93.4 cm³/mol. The highest BCUT2D eigenvalue weighted by atomic mass is 19.1. The highest BCUT2D eigenvalue weighted by molar-refractivity contribution is 5.77. The zero-order valence-electron chi connectivity index (χ0n) is 14.6. The molecule has 0 aliphatic carbocycles. The van der Waals surface area contributed by atoms with Crippen molar-refractivity contribution in [2.75, 3.05) is 38.2 Å². The summed E-state index contributed by atoms with van der Waals surface area (Å²) in [6.07, 6.45) is 1.64. The Morgan fingerprint density at radius 2 is 2.15 bits per heavy atom. The van der Waals surface area contributed by atoms with Crippen molar-refractivity contribution >= 4 is 11.7 Å². The van der Waals surface area contributed by atoms with Gasteiger partial charge in [-0.15, -0.1) is 0 Å². The second kappa shape index (κ2) is 8.57. The monoisotopic (exact) mass is 360 g/mol. The topological polar surface area (TPSA) is 76.6 Å². The van der Waals surface area contributed by atoms with Crippen molar-refractivity contribution in [2.24, 2.45) is 0 Å². The average Bonchev–Trinajstić information content (AvgIpc) is 2.67. The zero-order valence-corrected chi connectivity index (χ0v) is 14.6. The van der Waals surface area contributed by atoms with Gasteiger partial charge in [-0.2, -0.15) is 0 Å². The van der Waals surface area contributed by atoms with Gasteiger partial charge in [0.2, 0.25) is 0 Å². The number of halogens is 1. The molecule has 0 spiro atoms. The number of ether oxygens (including phenoxy) is 2. The van der Waals surface area contributed by atoms with E-state index < -0.39 is 0 Å². The van der Waals surface area contributed by atoms with Crippen molar-refractivity contribution < 1.29 is 18.7 Å². The van der Waals surface area contributed by atoms with Crippen LogP contribution in [0, 0.1) is 12.7 Å². The van der Waals surface area contributed by atoms with Gasteiger partial charge in [0.15, 0.2) is 6.61 Å². The third-order valence-corrected chi connectivity index (χ3v) is 3.98. The smallest absolute Gasteiger partial charge is 0.260 e. The molecule has 1 aromatic heterocycles. The Morgan fingerprint density at radius 3 is 2.92 bits per heavy atom. The van der Waals surface area contributed by atoms with Gasteiger partial charge in [-0.25, -0.2) is 14.4 Å². The molecule has 0 bridgehead atoms. The van der Waals surface area contributed by atoms with Crippen molar-refractivity contribution in [3.8, 4) is 5.75 Å². The fourth-order valence-corrected chi connectivity index (χ4v) is 2.57. The van der Waals surface area contributed by atoms with Crippen LogP contribution in [0.1, 0.15) is 11.4 Å². The van der Waals surface area contributed by atoms with Gasteiger partial charge in [-0.05, 0) is 31.2 Å². The number of carbonyl (C=O) groups is 1. The number of nitrogens with one attached hydrogen (secondary N) is 1. The number of carbonyl (C=O) groups excluding carboxylic acids is 1. The van der Waals surface area contributed by atoms with Crippen LogP contribution < -0.4 is 10.1 Å². The first kappa shape index (κ1) is 18.1. The first-order valence-electron chi connectivity index (χ1n) is 8.42. The number of benzene rings is 1. The second-order valence-corrected chi connectivity index (χ2v) is 5.88. The molecule has 0 radical (unpaired) electrons. The third-order valence-electron chi connectivity index (χ3n) is 3.98. The maximum absolute atomic E-state index is 14.0. The predicted octanol–water partition coefficient (Wildman–Crippen LogP) is 1.77. The molecule has 7 nitrogen and oxygen atoms in total. The molecule has 0 unspecified atom stereocenters. The molecule has 1 saturated heterocycles. The van der Waals surface area contributed by atoms with E-state index in [1.165, 1.54) is 12.1 Å². The second-order valence-electron chi connectivity index (χ2n) is 5.88. The fourth-order valence-electron chi connectivity index (χ4n) is 2.57. The number of rotatable bonds is 6. The van der Waals surface area contributed by atoms with Crippen molar-refractivity contribution in [2.45, 2.75) is 13.5 Å². The summed E-state index contributed by atoms with van der Waals surface area (Å²) in [5.74, 6) is 1.24. The maximum atomic E-state index is 14.0. The Hall–Kier alpha value is -2.74. The minimum atomic E-state index is -0.352. The number of nitrogens with zero attached hydrogens (tertiary/aromatic N) is 3. The lowest BCUT2D eigenvalue weighted by molar-refractivity contribution is -0.137. The molecule has 3 rings (SSSR count). The molecule has 1 fully saturated rings. The number of anilines is 1. The van der Waals surface area contributed by atoms with Gasteiger partial charge in [0, 0.05) is 31.4 Å². The largest absolute Gasteiger partial charge is 0.484 e. The summed E-state index contributed by atoms with van der Waals surface area (Å²) in [5, 5.41) is 3.05. The Bertz CT molecular complexity index is 766. The molecule has 1 aliphatic rings. The first-order chi connectivity index (χ1) is 12.6. The minimum absolute atomic E-state index is 0.0798. The van der Waals surface area contributed by atoms with Crippen LogP contribution >= 0.6 is 0 Å². The van der Waals surface area contributed by atoms with Gasteiger partial charge in [0.05, 0.1) is 13.2 Å². The van der Waals surface area contributed by atoms with E-state index in [1.807, 2.05) is 0 Å². The molecular formula is C18H21FN4O3. The number of morpholine rings is 1. The van der Waals surface area contributed by atoms with E-state index in [0.717, 1.165) is 0 Å². The third kappa shape index (κ3) is 4.89. The molecule has 2 aromatic rings. The Labute approximate surface area is 151 Å². The summed E-state index contributed by atoms with van der Waals surface area (Å²) >= 11 is 0. The number of aromatic nitrogens is 2. The van der Waals surface area contributed by atoms with Crippen LogP contribution in [0.3, 0.4) is 0 Å². The summed E-state index contributed by atoms with van der Waals surface area (Å²) < 4.78 is 24.8. The summed E-state index contributed by atoms with van der Waals surface area (Å²) in [6, 6.07) is 6.15. The van der Waals surface area contributed by atoms with Crippen LogP contribution in [-0.2, 0) is 16.1 Å². The zero-order chi connectivity index (χ0) is 18.4. The fraction of sp³-hybridized carbons (Fsp3) is 0.389. The van der Waals surface area contributed by atoms with Crippen LogP contribution in [0.5, 0.6) is 5.75 Å². The molecule has 1 aliphatic heterocycles. The standard InChI is InChI=1S/C18H21FN4O3/c1-13-20-5-4-17(22-13)21-11-14-10-15(2-3-16(14)19)26-12-18(24)23-6-8-25-9-7-23/h2-5,10H,6-9,11-12H2,1H3,(H,20,21,22). The molecule has 2 heterocycles. The van der Waals surface area contributed by atoms with Crippen LogP contribution in [-0.4, -0.2) is 53.7 Å². The summed E-state index contributed by atoms with van der Waals surface area (Å²) in [7, 11) is 0. The minimum Gasteiger partial charge on any atom is -0.484 e. The lowest BCUT2D eigenvalue weighted by Crippen LogP contribution is -2.42. The van der Waals surface area contributed by atoms with Gasteiger partial charge in [0.1, 0.15) is 23.2 Å². The SMILES string of the molecule is Cc1nccc(NCc2cc(OCC(=O)N3CCOCC3)ccc2F)n1. The van der Waals surface area contributed by atoms with Gasteiger partial charge < -0.3 is 19.7 Å². The lowest BCUT2D eigenvalue weighted by atomic mass is 10.2. The van der Waals surface area contributed by atoms with E-state index in [4.69, 9.17) is 9.47 Å². The van der Waals surface area contributed by atoms with E-state index in [-0.39, 0.29) is 24.9 Å². The van der Waals surface area contributed by atoms with E-state index in [1.54, 1.807) is 30.2 Å². The van der Waals surface area contributed by atoms with Crippen LogP contribution in [0.2, 0.25) is 0 Å². The number of amides is 1. The first-order valence-corrected chi connectivity index (χ1v) is 8.42. The quantitative estimate of drug-likeness (QED) is 0.846. The molecule has 1 aromatic carbocycles. The Kier molecular flexibility index (Phi) is 5.96. The Balaban J connectivity index is 1.57. The summed E-state index contributed by atoms with van der Waals surface area (Å²) in [6.45, 7) is 4.17. The average molecular weight is 360 g/mol. The summed E-state index contributed by atoms with van der Waals surface area (Å²) in [5.41, 5.74) is 0.428. The number of hydrogen-bond acceptors (Lipinski definition) is 6. The molecule has 138 valence electrons. The molecule has 1 N–H and O–H groups in total. The highest BCUT2D eigenvalue weighted by Gasteiger charge is 2.17. The molecule has 26 heavy (non-hydrogen) atoms. The van der Waals surface area contributed by atoms with Gasteiger partial charge in [-0.1, -0.05) is 0 Å². The maximum Gasteiger partial charge on any atom is 0.260 e. The van der Waals surface area contributed by atoms with E-state index in [2.05, 4.69) is 15.3 Å². The van der Waals surface area contributed by atoms with Crippen molar-refractivity contribution in [3.05, 3.63) is 47.7 Å². The van der Waals surface area contributed by atoms with Gasteiger partial charge in [-0.3, -0.25) is 4.79 Å². The summed E-state index contributed by atoms with van der Waals surface area (Å²) in [4.78, 5) is 22.0. The van der Waals surface area contributed by atoms with Crippen LogP contribution in [0.25, 0.3) is 0 Å². The van der Waals surface area contributed by atoms with E-state index in [0.29, 0.717) is 49.3 Å². The molecular weight excluding hydrogens is 339 g/mol. The highest BCUT2D eigenvalue weighted by Crippen LogP contribution is 2.18. The number of aryl methyl sites for hydroxylation is 1. The van der Waals surface area contributed by atoms with Crippen molar-refractivity contribution in [3.63, 3.8) is 0 Å². The molecule has 0 saturated carbocycles. The molecule has 1 amide bonds. The lowest BCUT2D eigenvalue weighted by Gasteiger charge is -2.26. The number of hydrogen-bond donors (Lipinski definition) is 1. The van der Waals surface area contributed by atoms with Crippen LogP contribution in [0.15, 0.2) is 30.5 Å².